The second-order valence-electron chi connectivity index (χ2n) is 9.13. The van der Waals surface area contributed by atoms with E-state index in [1.54, 1.807) is 0 Å². The SMILES string of the molecule is O=C(Cc1cc(F)c(F)cc1F)N1CCCC2=C[C@@H]3C[C@@H](CN4CCCC[C@H]34)[C@@H]21. The Morgan fingerprint density at radius 3 is 2.72 bits per heavy atom. The first-order valence-corrected chi connectivity index (χ1v) is 10.9. The van der Waals surface area contributed by atoms with Crippen molar-refractivity contribution in [1.82, 2.24) is 9.80 Å². The van der Waals surface area contributed by atoms with Crippen molar-refractivity contribution in [1.29, 1.82) is 0 Å². The average molecular weight is 404 g/mol. The lowest BCUT2D eigenvalue weighted by Gasteiger charge is -2.54. The highest BCUT2D eigenvalue weighted by atomic mass is 19.2. The van der Waals surface area contributed by atoms with E-state index in [2.05, 4.69) is 11.0 Å². The number of carbonyl (C=O) groups is 1. The number of halogens is 3. The molecule has 0 unspecified atom stereocenters. The molecule has 4 atom stereocenters. The van der Waals surface area contributed by atoms with Crippen molar-refractivity contribution < 1.29 is 18.0 Å². The summed E-state index contributed by atoms with van der Waals surface area (Å²) in [6.45, 7) is 2.81. The summed E-state index contributed by atoms with van der Waals surface area (Å²) in [5, 5.41) is 0. The summed E-state index contributed by atoms with van der Waals surface area (Å²) in [6, 6.07) is 2.07. The molecule has 1 aromatic carbocycles. The molecule has 3 heterocycles. The van der Waals surface area contributed by atoms with Gasteiger partial charge < -0.3 is 4.90 Å². The minimum atomic E-state index is -1.22. The van der Waals surface area contributed by atoms with E-state index in [1.165, 1.54) is 24.8 Å². The molecule has 3 fully saturated rings. The molecule has 0 aromatic heterocycles. The molecule has 1 aliphatic carbocycles. The van der Waals surface area contributed by atoms with Crippen LogP contribution in [0.1, 0.15) is 44.1 Å². The number of piperidine rings is 3. The highest BCUT2D eigenvalue weighted by Crippen LogP contribution is 2.45. The van der Waals surface area contributed by atoms with Gasteiger partial charge in [0.15, 0.2) is 11.6 Å². The van der Waals surface area contributed by atoms with E-state index < -0.39 is 17.5 Å². The topological polar surface area (TPSA) is 23.6 Å². The van der Waals surface area contributed by atoms with Gasteiger partial charge in [0.2, 0.25) is 5.91 Å². The molecule has 4 aliphatic rings. The van der Waals surface area contributed by atoms with Gasteiger partial charge in [-0.2, -0.15) is 0 Å². The van der Waals surface area contributed by atoms with E-state index in [4.69, 9.17) is 0 Å². The minimum absolute atomic E-state index is 0.0709. The molecule has 0 spiro atoms. The third-order valence-electron chi connectivity index (χ3n) is 7.41. The maximum atomic E-state index is 14.1. The summed E-state index contributed by atoms with van der Waals surface area (Å²) in [5.74, 6) is -2.39. The van der Waals surface area contributed by atoms with Crippen LogP contribution in [0, 0.1) is 29.3 Å². The van der Waals surface area contributed by atoms with Crippen LogP contribution in [0.2, 0.25) is 0 Å². The lowest BCUT2D eigenvalue weighted by atomic mass is 9.68. The Labute approximate surface area is 169 Å². The van der Waals surface area contributed by atoms with Crippen molar-refractivity contribution in [2.75, 3.05) is 19.6 Å². The van der Waals surface area contributed by atoms with Crippen LogP contribution >= 0.6 is 0 Å². The summed E-state index contributed by atoms with van der Waals surface area (Å²) in [6.07, 6.45) is 9.06. The average Bonchev–Trinajstić information content (AvgIpc) is 2.71. The first kappa shape index (κ1) is 19.2. The van der Waals surface area contributed by atoms with Gasteiger partial charge in [-0.05, 0) is 56.6 Å². The molecule has 5 rings (SSSR count). The van der Waals surface area contributed by atoms with E-state index in [0.717, 1.165) is 38.4 Å². The number of carbonyl (C=O) groups excluding carboxylic acids is 1. The number of hydrogen-bond donors (Lipinski definition) is 0. The minimum Gasteiger partial charge on any atom is -0.335 e. The number of fused-ring (bicyclic) bond motifs is 6. The van der Waals surface area contributed by atoms with E-state index >= 15 is 0 Å². The molecule has 0 N–H and O–H groups in total. The lowest BCUT2D eigenvalue weighted by Crippen LogP contribution is -2.60. The Balaban J connectivity index is 1.39. The van der Waals surface area contributed by atoms with Crippen molar-refractivity contribution in [3.05, 3.63) is 46.8 Å². The van der Waals surface area contributed by atoms with Gasteiger partial charge in [-0.25, -0.2) is 13.2 Å². The fourth-order valence-electron chi connectivity index (χ4n) is 6.22. The van der Waals surface area contributed by atoms with Crippen molar-refractivity contribution in [3.63, 3.8) is 0 Å². The van der Waals surface area contributed by atoms with Crippen LogP contribution in [-0.4, -0.2) is 47.4 Å². The number of rotatable bonds is 2. The van der Waals surface area contributed by atoms with Crippen LogP contribution in [0.25, 0.3) is 0 Å². The van der Waals surface area contributed by atoms with Gasteiger partial charge in [0.25, 0.3) is 0 Å². The molecule has 3 aliphatic heterocycles. The Morgan fingerprint density at radius 1 is 1.03 bits per heavy atom. The normalized spacial score (nSPS) is 31.7. The zero-order valence-corrected chi connectivity index (χ0v) is 16.5. The molecule has 0 saturated carbocycles. The molecular weight excluding hydrogens is 377 g/mol. The summed E-state index contributed by atoms with van der Waals surface area (Å²) < 4.78 is 40.9. The van der Waals surface area contributed by atoms with Gasteiger partial charge in [-0.15, -0.1) is 0 Å². The number of amides is 1. The molecule has 0 radical (unpaired) electrons. The molecular formula is C23H27F3N2O. The lowest BCUT2D eigenvalue weighted by molar-refractivity contribution is -0.135. The number of likely N-dealkylation sites (tertiary alicyclic amines) is 1. The molecule has 29 heavy (non-hydrogen) atoms. The van der Waals surface area contributed by atoms with Crippen molar-refractivity contribution >= 4 is 5.91 Å². The van der Waals surface area contributed by atoms with Crippen LogP contribution in [0.15, 0.2) is 23.8 Å². The number of hydrogen-bond acceptors (Lipinski definition) is 2. The summed E-state index contributed by atoms with van der Waals surface area (Å²) >= 11 is 0. The summed E-state index contributed by atoms with van der Waals surface area (Å²) in [7, 11) is 0. The van der Waals surface area contributed by atoms with Crippen LogP contribution in [0.5, 0.6) is 0 Å². The monoisotopic (exact) mass is 404 g/mol. The fraction of sp³-hybridized carbons (Fsp3) is 0.609. The van der Waals surface area contributed by atoms with Crippen molar-refractivity contribution in [2.45, 2.75) is 57.0 Å². The fourth-order valence-corrected chi connectivity index (χ4v) is 6.22. The Hall–Kier alpha value is -1.82. The van der Waals surface area contributed by atoms with Crippen LogP contribution < -0.4 is 0 Å². The molecule has 6 heteroatoms. The predicted molar refractivity (Wildman–Crippen MR) is 104 cm³/mol. The highest BCUT2D eigenvalue weighted by Gasteiger charge is 2.46. The second kappa shape index (κ2) is 7.46. The third-order valence-corrected chi connectivity index (χ3v) is 7.41. The van der Waals surface area contributed by atoms with Crippen LogP contribution in [0.4, 0.5) is 13.2 Å². The zero-order chi connectivity index (χ0) is 20.1. The molecule has 2 bridgehead atoms. The smallest absolute Gasteiger partial charge is 0.227 e. The van der Waals surface area contributed by atoms with Crippen LogP contribution in [0.3, 0.4) is 0 Å². The second-order valence-corrected chi connectivity index (χ2v) is 9.13. The summed E-state index contributed by atoms with van der Waals surface area (Å²) in [5.41, 5.74) is 1.29. The molecule has 3 nitrogen and oxygen atoms in total. The van der Waals surface area contributed by atoms with Gasteiger partial charge in [0.1, 0.15) is 5.82 Å². The van der Waals surface area contributed by atoms with Crippen LogP contribution in [-0.2, 0) is 11.2 Å². The molecule has 156 valence electrons. The standard InChI is InChI=1S/C23H27F3N2O/c24-18-12-20(26)19(25)10-15(18)11-22(29)28-7-3-4-14-8-16-9-17(23(14)28)13-27-6-2-1-5-21(16)27/h8,10,12,16-17,21,23H,1-7,9,11,13H2/t16-,17+,21-,23-/m1/s1. The third kappa shape index (κ3) is 3.39. The number of nitrogens with zero attached hydrogens (tertiary/aromatic N) is 2. The van der Waals surface area contributed by atoms with Crippen molar-refractivity contribution in [2.24, 2.45) is 11.8 Å². The van der Waals surface area contributed by atoms with E-state index in [9.17, 15) is 18.0 Å². The van der Waals surface area contributed by atoms with Gasteiger partial charge in [0.05, 0.1) is 12.5 Å². The predicted octanol–water partition coefficient (Wildman–Crippen LogP) is 4.07. The highest BCUT2D eigenvalue weighted by molar-refractivity contribution is 5.80. The molecule has 1 aromatic rings. The zero-order valence-electron chi connectivity index (χ0n) is 16.5. The largest absolute Gasteiger partial charge is 0.335 e. The maximum absolute atomic E-state index is 14.1. The Bertz CT molecular complexity index is 855. The van der Waals surface area contributed by atoms with E-state index in [0.29, 0.717) is 30.5 Å². The molecule has 3 saturated heterocycles. The van der Waals surface area contributed by atoms with Gasteiger partial charge >= 0.3 is 0 Å². The van der Waals surface area contributed by atoms with Gasteiger partial charge in [-0.3, -0.25) is 9.69 Å². The van der Waals surface area contributed by atoms with Gasteiger partial charge in [0, 0.05) is 30.8 Å². The number of benzene rings is 1. The Kier molecular flexibility index (Phi) is 4.93. The quantitative estimate of drug-likeness (QED) is 0.548. The van der Waals surface area contributed by atoms with Gasteiger partial charge in [-0.1, -0.05) is 18.1 Å². The van der Waals surface area contributed by atoms with E-state index in [-0.39, 0.29) is 23.9 Å². The van der Waals surface area contributed by atoms with E-state index in [1.807, 2.05) is 4.90 Å². The first-order chi connectivity index (χ1) is 14.0. The Morgan fingerprint density at radius 2 is 1.86 bits per heavy atom. The first-order valence-electron chi connectivity index (χ1n) is 10.9. The summed E-state index contributed by atoms with van der Waals surface area (Å²) in [4.78, 5) is 17.6. The molecule has 1 amide bonds. The maximum Gasteiger partial charge on any atom is 0.227 e. The van der Waals surface area contributed by atoms with Crippen molar-refractivity contribution in [3.8, 4) is 0 Å².